The number of carbonyl (C=O) groups excluding carboxylic acids is 2. The Morgan fingerprint density at radius 1 is 1.29 bits per heavy atom. The lowest BCUT2D eigenvalue weighted by Gasteiger charge is -2.32. The van der Waals surface area contributed by atoms with E-state index in [-0.39, 0.29) is 23.9 Å². The maximum atomic E-state index is 12.1. The molecule has 2 aliphatic heterocycles. The molecule has 0 spiro atoms. The van der Waals surface area contributed by atoms with Crippen molar-refractivity contribution in [2.75, 3.05) is 6.54 Å². The first-order valence-electron chi connectivity index (χ1n) is 7.44. The summed E-state index contributed by atoms with van der Waals surface area (Å²) in [5.41, 5.74) is 2.46. The molecule has 0 aromatic heterocycles. The predicted octanol–water partition coefficient (Wildman–Crippen LogP) is 0.572. The van der Waals surface area contributed by atoms with Crippen LogP contribution in [0.15, 0.2) is 24.3 Å². The van der Waals surface area contributed by atoms with Crippen LogP contribution in [0, 0.1) is 6.92 Å². The van der Waals surface area contributed by atoms with E-state index in [1.54, 1.807) is 11.8 Å². The maximum absolute atomic E-state index is 12.1. The molecule has 5 heteroatoms. The zero-order valence-electron chi connectivity index (χ0n) is 12.4. The summed E-state index contributed by atoms with van der Waals surface area (Å²) in [7, 11) is 0. The summed E-state index contributed by atoms with van der Waals surface area (Å²) in [5.74, 6) is 0.000900. The number of aryl methyl sites for hydroxylation is 1. The molecule has 2 aliphatic rings. The van der Waals surface area contributed by atoms with E-state index in [0.717, 1.165) is 6.54 Å². The SMILES string of the molecule is Cc1ccc(CN[C@H]2C[C@H]3C(=O)N[C@@H](C)C(=O)N3C2)cc1. The van der Waals surface area contributed by atoms with Crippen LogP contribution in [0.5, 0.6) is 0 Å². The topological polar surface area (TPSA) is 61.4 Å². The molecule has 0 unspecified atom stereocenters. The minimum absolute atomic E-state index is 0.0262. The molecule has 2 N–H and O–H groups in total. The van der Waals surface area contributed by atoms with Crippen LogP contribution in [-0.2, 0) is 16.1 Å². The van der Waals surface area contributed by atoms with Gasteiger partial charge in [0.2, 0.25) is 11.8 Å². The van der Waals surface area contributed by atoms with Gasteiger partial charge >= 0.3 is 0 Å². The second-order valence-electron chi connectivity index (χ2n) is 6.04. The van der Waals surface area contributed by atoms with Crippen molar-refractivity contribution < 1.29 is 9.59 Å². The van der Waals surface area contributed by atoms with E-state index < -0.39 is 6.04 Å². The third-order valence-corrected chi connectivity index (χ3v) is 4.33. The fraction of sp³-hybridized carbons (Fsp3) is 0.500. The number of carbonyl (C=O) groups is 2. The molecule has 1 aromatic rings. The summed E-state index contributed by atoms with van der Waals surface area (Å²) in [4.78, 5) is 25.8. The van der Waals surface area contributed by atoms with Gasteiger partial charge in [0.1, 0.15) is 12.1 Å². The molecule has 2 saturated heterocycles. The van der Waals surface area contributed by atoms with E-state index in [9.17, 15) is 9.59 Å². The third-order valence-electron chi connectivity index (χ3n) is 4.33. The molecule has 1 aromatic carbocycles. The fourth-order valence-corrected chi connectivity index (χ4v) is 3.06. The first-order chi connectivity index (χ1) is 10.0. The monoisotopic (exact) mass is 287 g/mol. The van der Waals surface area contributed by atoms with Crippen molar-refractivity contribution in [1.82, 2.24) is 15.5 Å². The van der Waals surface area contributed by atoms with Gasteiger partial charge in [-0.25, -0.2) is 0 Å². The van der Waals surface area contributed by atoms with Gasteiger partial charge < -0.3 is 15.5 Å². The van der Waals surface area contributed by atoms with Crippen molar-refractivity contribution in [3.8, 4) is 0 Å². The van der Waals surface area contributed by atoms with Crippen molar-refractivity contribution in [3.63, 3.8) is 0 Å². The molecular weight excluding hydrogens is 266 g/mol. The lowest BCUT2D eigenvalue weighted by molar-refractivity contribution is -0.146. The molecule has 2 heterocycles. The van der Waals surface area contributed by atoms with E-state index in [4.69, 9.17) is 0 Å². The summed E-state index contributed by atoms with van der Waals surface area (Å²) >= 11 is 0. The van der Waals surface area contributed by atoms with Crippen LogP contribution in [-0.4, -0.2) is 41.4 Å². The summed E-state index contributed by atoms with van der Waals surface area (Å²) in [5, 5.41) is 6.20. The molecule has 0 saturated carbocycles. The number of piperazine rings is 1. The predicted molar refractivity (Wildman–Crippen MR) is 79.5 cm³/mol. The van der Waals surface area contributed by atoms with Gasteiger partial charge in [0.25, 0.3) is 0 Å². The molecule has 2 fully saturated rings. The van der Waals surface area contributed by atoms with E-state index >= 15 is 0 Å². The molecule has 112 valence electrons. The summed E-state index contributed by atoms with van der Waals surface area (Å²) < 4.78 is 0. The van der Waals surface area contributed by atoms with Gasteiger partial charge in [-0.1, -0.05) is 29.8 Å². The first-order valence-corrected chi connectivity index (χ1v) is 7.44. The van der Waals surface area contributed by atoms with Gasteiger partial charge in [-0.2, -0.15) is 0 Å². The Kier molecular flexibility index (Phi) is 3.68. The van der Waals surface area contributed by atoms with Crippen molar-refractivity contribution in [2.24, 2.45) is 0 Å². The molecule has 0 bridgehead atoms. The van der Waals surface area contributed by atoms with Crippen LogP contribution in [0.2, 0.25) is 0 Å². The highest BCUT2D eigenvalue weighted by Gasteiger charge is 2.44. The number of nitrogens with zero attached hydrogens (tertiary/aromatic N) is 1. The van der Waals surface area contributed by atoms with E-state index in [1.165, 1.54) is 11.1 Å². The number of hydrogen-bond acceptors (Lipinski definition) is 3. The Hall–Kier alpha value is -1.88. The zero-order valence-corrected chi connectivity index (χ0v) is 12.4. The van der Waals surface area contributed by atoms with Crippen LogP contribution in [0.25, 0.3) is 0 Å². The van der Waals surface area contributed by atoms with Gasteiger partial charge in [-0.15, -0.1) is 0 Å². The van der Waals surface area contributed by atoms with E-state index in [0.29, 0.717) is 13.0 Å². The average Bonchev–Trinajstić information content (AvgIpc) is 2.89. The van der Waals surface area contributed by atoms with Gasteiger partial charge in [0, 0.05) is 19.1 Å². The fourth-order valence-electron chi connectivity index (χ4n) is 3.06. The van der Waals surface area contributed by atoms with Crippen LogP contribution in [0.1, 0.15) is 24.5 Å². The molecule has 0 aliphatic carbocycles. The number of rotatable bonds is 3. The minimum atomic E-state index is -0.399. The summed E-state index contributed by atoms with van der Waals surface area (Å²) in [6.07, 6.45) is 0.691. The molecular formula is C16H21N3O2. The number of amides is 2. The average molecular weight is 287 g/mol. The van der Waals surface area contributed by atoms with Crippen LogP contribution >= 0.6 is 0 Å². The standard InChI is InChI=1S/C16H21N3O2/c1-10-3-5-12(6-4-10)8-17-13-7-14-15(20)18-11(2)16(21)19(14)9-13/h3-6,11,13-14,17H,7-9H2,1-2H3,(H,18,20)/t11-,13-,14-/m0/s1. The number of fused-ring (bicyclic) bond motifs is 1. The van der Waals surface area contributed by atoms with Crippen LogP contribution in [0.4, 0.5) is 0 Å². The molecule has 2 amide bonds. The number of nitrogens with one attached hydrogen (secondary N) is 2. The number of hydrogen-bond donors (Lipinski definition) is 2. The Bertz CT molecular complexity index is 555. The van der Waals surface area contributed by atoms with Crippen molar-refractivity contribution >= 4 is 11.8 Å². The van der Waals surface area contributed by atoms with Crippen molar-refractivity contribution in [2.45, 2.75) is 44.9 Å². The lowest BCUT2D eigenvalue weighted by atomic mass is 10.1. The van der Waals surface area contributed by atoms with Crippen LogP contribution in [0.3, 0.4) is 0 Å². The van der Waals surface area contributed by atoms with Gasteiger partial charge in [-0.3, -0.25) is 9.59 Å². The molecule has 21 heavy (non-hydrogen) atoms. The quantitative estimate of drug-likeness (QED) is 0.854. The minimum Gasteiger partial charge on any atom is -0.343 e. The summed E-state index contributed by atoms with van der Waals surface area (Å²) in [6, 6.07) is 7.86. The molecule has 3 atom stereocenters. The highest BCUT2D eigenvalue weighted by Crippen LogP contribution is 2.22. The smallest absolute Gasteiger partial charge is 0.245 e. The van der Waals surface area contributed by atoms with Crippen molar-refractivity contribution in [1.29, 1.82) is 0 Å². The third kappa shape index (κ3) is 2.78. The second-order valence-corrected chi connectivity index (χ2v) is 6.04. The Balaban J connectivity index is 1.60. The highest BCUT2D eigenvalue weighted by molar-refractivity contribution is 5.97. The normalized spacial score (nSPS) is 28.5. The zero-order chi connectivity index (χ0) is 15.0. The van der Waals surface area contributed by atoms with Gasteiger partial charge in [0.05, 0.1) is 0 Å². The first kappa shape index (κ1) is 14.1. The lowest BCUT2D eigenvalue weighted by Crippen LogP contribution is -2.60. The second kappa shape index (κ2) is 5.48. The van der Waals surface area contributed by atoms with Gasteiger partial charge in [-0.05, 0) is 25.8 Å². The summed E-state index contributed by atoms with van der Waals surface area (Å²) in [6.45, 7) is 5.19. The largest absolute Gasteiger partial charge is 0.343 e. The van der Waals surface area contributed by atoms with Crippen molar-refractivity contribution in [3.05, 3.63) is 35.4 Å². The maximum Gasteiger partial charge on any atom is 0.245 e. The Morgan fingerprint density at radius 2 is 2.00 bits per heavy atom. The molecule has 0 radical (unpaired) electrons. The molecule has 5 nitrogen and oxygen atoms in total. The molecule has 3 rings (SSSR count). The van der Waals surface area contributed by atoms with E-state index in [1.807, 2.05) is 0 Å². The van der Waals surface area contributed by atoms with Crippen LogP contribution < -0.4 is 10.6 Å². The Morgan fingerprint density at radius 3 is 2.71 bits per heavy atom. The Labute approximate surface area is 124 Å². The van der Waals surface area contributed by atoms with Gasteiger partial charge in [0.15, 0.2) is 0 Å². The highest BCUT2D eigenvalue weighted by atomic mass is 16.2. The number of benzene rings is 1. The van der Waals surface area contributed by atoms with E-state index in [2.05, 4.69) is 41.8 Å².